The van der Waals surface area contributed by atoms with E-state index in [2.05, 4.69) is 21.2 Å². The Balaban J connectivity index is 1.64. The van der Waals surface area contributed by atoms with E-state index in [1.54, 1.807) is 36.5 Å². The second-order valence-electron chi connectivity index (χ2n) is 7.95. The average Bonchev–Trinajstić information content (AvgIpc) is 3.43. The Morgan fingerprint density at radius 2 is 1.94 bits per heavy atom. The number of imidazole rings is 1. The number of anilines is 1. The monoisotopic (exact) mass is 457 g/mol. The number of nitrogens with two attached hydrogens (primary N) is 2. The second kappa shape index (κ2) is 9.07. The van der Waals surface area contributed by atoms with E-state index in [1.807, 2.05) is 13.0 Å². The van der Waals surface area contributed by atoms with Gasteiger partial charge in [-0.25, -0.2) is 14.6 Å². The fourth-order valence-electron chi connectivity index (χ4n) is 4.06. The highest BCUT2D eigenvalue weighted by atomic mass is 16.2. The summed E-state index contributed by atoms with van der Waals surface area (Å²) < 4.78 is 1.12. The van der Waals surface area contributed by atoms with Gasteiger partial charge in [-0.05, 0) is 55.5 Å². The standard InChI is InChI=1S/C24H23N7O3/c1-3-19(32)30-12-4-5-17(30)23-29-20(21(22(25)33)31(23)26)15-6-8-16(9-7-15)24(34)28-18-13-14(2)10-11-27-18/h1,6-11,13,17H,4-5,12,26H2,2H3,(H2,25,33)(H,27,28,34)/t17-/m0/s1. The molecule has 5 N–H and O–H groups in total. The number of nitrogens with one attached hydrogen (secondary N) is 1. The van der Waals surface area contributed by atoms with Gasteiger partial charge in [0.05, 0.1) is 6.04 Å². The van der Waals surface area contributed by atoms with Crippen molar-refractivity contribution in [3.8, 4) is 23.6 Å². The Labute approximate surface area is 195 Å². The van der Waals surface area contributed by atoms with Crippen molar-refractivity contribution in [3.63, 3.8) is 0 Å². The van der Waals surface area contributed by atoms with E-state index in [1.165, 1.54) is 4.90 Å². The number of primary amides is 1. The summed E-state index contributed by atoms with van der Waals surface area (Å²) >= 11 is 0. The third-order valence-corrected chi connectivity index (χ3v) is 5.68. The molecule has 1 aromatic carbocycles. The van der Waals surface area contributed by atoms with E-state index in [-0.39, 0.29) is 17.3 Å². The number of hydrogen-bond acceptors (Lipinski definition) is 6. The minimum atomic E-state index is -0.767. The molecule has 1 aliphatic rings. The molecule has 1 saturated heterocycles. The highest BCUT2D eigenvalue weighted by Gasteiger charge is 2.35. The van der Waals surface area contributed by atoms with Crippen molar-refractivity contribution in [2.24, 2.45) is 5.73 Å². The van der Waals surface area contributed by atoms with Gasteiger partial charge < -0.3 is 21.8 Å². The first-order valence-corrected chi connectivity index (χ1v) is 10.6. The summed E-state index contributed by atoms with van der Waals surface area (Å²) in [7, 11) is 0. The molecule has 3 heterocycles. The van der Waals surface area contributed by atoms with Gasteiger partial charge in [-0.2, -0.15) is 0 Å². The molecule has 1 atom stereocenters. The van der Waals surface area contributed by atoms with Crippen molar-refractivity contribution >= 4 is 23.5 Å². The number of amides is 3. The third-order valence-electron chi connectivity index (χ3n) is 5.68. The molecule has 0 radical (unpaired) electrons. The number of benzene rings is 1. The largest absolute Gasteiger partial charge is 0.364 e. The summed E-state index contributed by atoms with van der Waals surface area (Å²) in [4.78, 5) is 47.1. The zero-order chi connectivity index (χ0) is 24.4. The molecule has 3 amide bonds. The summed E-state index contributed by atoms with van der Waals surface area (Å²) in [5.74, 6) is 7.50. The predicted molar refractivity (Wildman–Crippen MR) is 126 cm³/mol. The Morgan fingerprint density at radius 3 is 2.59 bits per heavy atom. The highest BCUT2D eigenvalue weighted by Crippen LogP contribution is 2.34. The first-order valence-electron chi connectivity index (χ1n) is 10.6. The average molecular weight is 457 g/mol. The molecular formula is C24H23N7O3. The molecular weight excluding hydrogens is 434 g/mol. The van der Waals surface area contributed by atoms with Gasteiger partial charge in [-0.1, -0.05) is 12.1 Å². The molecule has 4 rings (SSSR count). The molecule has 3 aromatic rings. The lowest BCUT2D eigenvalue weighted by atomic mass is 10.1. The van der Waals surface area contributed by atoms with Gasteiger partial charge >= 0.3 is 0 Å². The van der Waals surface area contributed by atoms with Gasteiger partial charge in [0.1, 0.15) is 11.5 Å². The second-order valence-corrected chi connectivity index (χ2v) is 7.95. The summed E-state index contributed by atoms with van der Waals surface area (Å²) in [6.45, 7) is 2.38. The predicted octanol–water partition coefficient (Wildman–Crippen LogP) is 1.62. The number of rotatable bonds is 5. The molecule has 172 valence electrons. The van der Waals surface area contributed by atoms with Crippen LogP contribution in [0.1, 0.15) is 51.1 Å². The smallest absolute Gasteiger partial charge is 0.298 e. The number of nitrogen functional groups attached to an aromatic ring is 1. The molecule has 2 aromatic heterocycles. The lowest BCUT2D eigenvalue weighted by Crippen LogP contribution is -2.33. The van der Waals surface area contributed by atoms with Gasteiger partial charge in [-0.15, -0.1) is 6.42 Å². The molecule has 0 spiro atoms. The molecule has 0 unspecified atom stereocenters. The summed E-state index contributed by atoms with van der Waals surface area (Å²) in [5, 5.41) is 2.74. The van der Waals surface area contributed by atoms with Crippen LogP contribution in [0.2, 0.25) is 0 Å². The molecule has 1 aliphatic heterocycles. The normalized spacial score (nSPS) is 15.1. The Hall–Kier alpha value is -4.65. The van der Waals surface area contributed by atoms with Gasteiger partial charge in [-0.3, -0.25) is 14.4 Å². The minimum Gasteiger partial charge on any atom is -0.364 e. The maximum absolute atomic E-state index is 12.6. The third kappa shape index (κ3) is 4.19. The fourth-order valence-corrected chi connectivity index (χ4v) is 4.06. The molecule has 0 bridgehead atoms. The number of aryl methyl sites for hydroxylation is 1. The molecule has 10 nitrogen and oxygen atoms in total. The molecule has 0 aliphatic carbocycles. The minimum absolute atomic E-state index is 0.00355. The van der Waals surface area contributed by atoms with E-state index in [9.17, 15) is 14.4 Å². The van der Waals surface area contributed by atoms with Gasteiger partial charge in [0, 0.05) is 23.9 Å². The van der Waals surface area contributed by atoms with Crippen LogP contribution in [0.4, 0.5) is 5.82 Å². The van der Waals surface area contributed by atoms with Crippen LogP contribution in [0.5, 0.6) is 0 Å². The topological polar surface area (TPSA) is 149 Å². The van der Waals surface area contributed by atoms with Gasteiger partial charge in [0.2, 0.25) is 0 Å². The Kier molecular flexibility index (Phi) is 6.01. The van der Waals surface area contributed by atoms with Crippen molar-refractivity contribution in [2.45, 2.75) is 25.8 Å². The van der Waals surface area contributed by atoms with Crippen LogP contribution in [0, 0.1) is 19.3 Å². The van der Waals surface area contributed by atoms with Crippen LogP contribution >= 0.6 is 0 Å². The van der Waals surface area contributed by atoms with Crippen molar-refractivity contribution in [1.82, 2.24) is 19.5 Å². The van der Waals surface area contributed by atoms with Crippen LogP contribution in [0.3, 0.4) is 0 Å². The fraction of sp³-hybridized carbons (Fsp3) is 0.208. The van der Waals surface area contributed by atoms with Crippen LogP contribution in [-0.2, 0) is 4.79 Å². The van der Waals surface area contributed by atoms with Crippen LogP contribution < -0.4 is 16.9 Å². The maximum atomic E-state index is 12.6. The lowest BCUT2D eigenvalue weighted by molar-refractivity contribution is -0.126. The zero-order valence-corrected chi connectivity index (χ0v) is 18.5. The van der Waals surface area contributed by atoms with E-state index in [4.69, 9.17) is 18.0 Å². The van der Waals surface area contributed by atoms with Crippen molar-refractivity contribution < 1.29 is 14.4 Å². The Morgan fingerprint density at radius 1 is 1.21 bits per heavy atom. The van der Waals surface area contributed by atoms with Crippen molar-refractivity contribution in [2.75, 3.05) is 17.7 Å². The summed E-state index contributed by atoms with van der Waals surface area (Å²) in [6.07, 6.45) is 8.23. The number of hydrogen-bond donors (Lipinski definition) is 3. The van der Waals surface area contributed by atoms with Crippen LogP contribution in [-0.4, -0.2) is 43.8 Å². The maximum Gasteiger partial charge on any atom is 0.298 e. The van der Waals surface area contributed by atoms with Gasteiger partial charge in [0.25, 0.3) is 17.7 Å². The first kappa shape index (κ1) is 22.5. The number of carbonyl (C=O) groups excluding carboxylic acids is 3. The number of nitrogens with zero attached hydrogens (tertiary/aromatic N) is 4. The quantitative estimate of drug-likeness (QED) is 0.391. The summed E-state index contributed by atoms with van der Waals surface area (Å²) in [6, 6.07) is 9.63. The number of terminal acetylenes is 1. The van der Waals surface area contributed by atoms with Crippen LogP contribution in [0.15, 0.2) is 42.6 Å². The zero-order valence-electron chi connectivity index (χ0n) is 18.5. The summed E-state index contributed by atoms with van der Waals surface area (Å²) in [5.41, 5.74) is 7.76. The lowest BCUT2D eigenvalue weighted by Gasteiger charge is -2.21. The van der Waals surface area contributed by atoms with E-state index in [0.717, 1.165) is 16.7 Å². The molecule has 34 heavy (non-hydrogen) atoms. The highest BCUT2D eigenvalue weighted by molar-refractivity contribution is 6.04. The van der Waals surface area contributed by atoms with E-state index >= 15 is 0 Å². The van der Waals surface area contributed by atoms with E-state index in [0.29, 0.717) is 35.7 Å². The molecule has 10 heteroatoms. The number of likely N-dealkylation sites (tertiary alicyclic amines) is 1. The number of aromatic nitrogens is 3. The number of carbonyl (C=O) groups is 3. The SMILES string of the molecule is C#CC(=O)N1CCC[C@H]1c1nc(-c2ccc(C(=O)Nc3cc(C)ccn3)cc2)c(C(N)=O)n1N. The van der Waals surface area contributed by atoms with Crippen molar-refractivity contribution in [1.29, 1.82) is 0 Å². The molecule has 0 saturated carbocycles. The van der Waals surface area contributed by atoms with Crippen LogP contribution in [0.25, 0.3) is 11.3 Å². The molecule has 1 fully saturated rings. The van der Waals surface area contributed by atoms with E-state index < -0.39 is 17.9 Å². The first-order chi connectivity index (χ1) is 16.3. The van der Waals surface area contributed by atoms with Crippen molar-refractivity contribution in [3.05, 3.63) is 65.2 Å². The van der Waals surface area contributed by atoms with Gasteiger partial charge in [0.15, 0.2) is 11.5 Å². The number of pyridine rings is 1. The Bertz CT molecular complexity index is 1320.